The average molecular weight is 381 g/mol. The maximum atomic E-state index is 13.8. The predicted octanol–water partition coefficient (Wildman–Crippen LogP) is 4.59. The van der Waals surface area contributed by atoms with Crippen LogP contribution < -0.4 is 0 Å². The number of halogens is 3. The van der Waals surface area contributed by atoms with Crippen molar-refractivity contribution in [2.75, 3.05) is 0 Å². The molecule has 22 heavy (non-hydrogen) atoms. The van der Waals surface area contributed by atoms with Gasteiger partial charge in [-0.1, -0.05) is 33.6 Å². The highest BCUT2D eigenvalue weighted by atomic mass is 79.9. The quantitative estimate of drug-likeness (QED) is 0.565. The highest BCUT2D eigenvalue weighted by Crippen LogP contribution is 2.25. The molecule has 3 nitrogen and oxygen atoms in total. The van der Waals surface area contributed by atoms with Crippen molar-refractivity contribution in [1.29, 1.82) is 0 Å². The summed E-state index contributed by atoms with van der Waals surface area (Å²) < 4.78 is 19.8. The third-order valence-electron chi connectivity index (χ3n) is 2.99. The number of aliphatic imine (C=N–C) groups is 1. The molecule has 0 atom stereocenters. The van der Waals surface area contributed by atoms with Gasteiger partial charge in [-0.15, -0.1) is 0 Å². The Labute approximate surface area is 139 Å². The number of benzene rings is 2. The van der Waals surface area contributed by atoms with Crippen LogP contribution in [0.15, 0.2) is 57.6 Å². The minimum absolute atomic E-state index is 0.00455. The molecule has 2 aromatic carbocycles. The number of cyclic esters (lactones) is 1. The van der Waals surface area contributed by atoms with Crippen molar-refractivity contribution in [2.45, 2.75) is 0 Å². The van der Waals surface area contributed by atoms with E-state index in [1.54, 1.807) is 24.3 Å². The Morgan fingerprint density at radius 3 is 2.59 bits per heavy atom. The van der Waals surface area contributed by atoms with Gasteiger partial charge in [-0.25, -0.2) is 14.2 Å². The van der Waals surface area contributed by atoms with Gasteiger partial charge in [0.25, 0.3) is 0 Å². The third-order valence-corrected chi connectivity index (χ3v) is 3.85. The van der Waals surface area contributed by atoms with Gasteiger partial charge in [-0.05, 0) is 42.5 Å². The Balaban J connectivity index is 1.99. The lowest BCUT2D eigenvalue weighted by Gasteiger charge is -1.99. The first-order valence-electron chi connectivity index (χ1n) is 6.27. The summed E-state index contributed by atoms with van der Waals surface area (Å²) in [5.74, 6) is -0.992. The Morgan fingerprint density at radius 1 is 1.18 bits per heavy atom. The molecule has 0 radical (unpaired) electrons. The maximum Gasteiger partial charge on any atom is 0.363 e. The molecule has 6 heteroatoms. The lowest BCUT2D eigenvalue weighted by molar-refractivity contribution is -0.129. The van der Waals surface area contributed by atoms with Gasteiger partial charge in [0.2, 0.25) is 5.90 Å². The summed E-state index contributed by atoms with van der Waals surface area (Å²) >= 11 is 9.26. The molecule has 0 saturated heterocycles. The molecule has 0 fully saturated rings. The number of carbonyl (C=O) groups excluding carboxylic acids is 1. The smallest absolute Gasteiger partial charge is 0.363 e. The highest BCUT2D eigenvalue weighted by Gasteiger charge is 2.24. The molecule has 2 aromatic rings. The maximum absolute atomic E-state index is 13.8. The zero-order valence-corrected chi connectivity index (χ0v) is 13.4. The zero-order valence-electron chi connectivity index (χ0n) is 11.0. The van der Waals surface area contributed by atoms with Crippen LogP contribution in [-0.2, 0) is 9.53 Å². The van der Waals surface area contributed by atoms with E-state index in [0.717, 1.165) is 4.47 Å². The molecule has 0 bridgehead atoms. The normalized spacial score (nSPS) is 15.9. The van der Waals surface area contributed by atoms with Gasteiger partial charge in [-0.2, -0.15) is 0 Å². The molecule has 1 aliphatic heterocycles. The summed E-state index contributed by atoms with van der Waals surface area (Å²) in [6, 6.07) is 11.4. The fourth-order valence-corrected chi connectivity index (χ4v) is 2.39. The standard InChI is InChI=1S/C16H8BrClFNO2/c17-10-6-4-9(5-7-10)15-20-14(16(21)22-15)8-11-12(18)2-1-3-13(11)19/h1-8H/b14-8-. The topological polar surface area (TPSA) is 38.7 Å². The number of ether oxygens (including phenoxy) is 1. The van der Waals surface area contributed by atoms with Crippen molar-refractivity contribution in [2.24, 2.45) is 4.99 Å². The molecule has 0 aromatic heterocycles. The van der Waals surface area contributed by atoms with Crippen LogP contribution in [0.5, 0.6) is 0 Å². The van der Waals surface area contributed by atoms with Crippen LogP contribution >= 0.6 is 27.5 Å². The van der Waals surface area contributed by atoms with Gasteiger partial charge in [0.1, 0.15) is 5.82 Å². The van der Waals surface area contributed by atoms with Crippen molar-refractivity contribution in [1.82, 2.24) is 0 Å². The predicted molar refractivity (Wildman–Crippen MR) is 86.2 cm³/mol. The van der Waals surface area contributed by atoms with Crippen LogP contribution in [0.2, 0.25) is 5.02 Å². The van der Waals surface area contributed by atoms with E-state index in [2.05, 4.69) is 20.9 Å². The number of nitrogens with zero attached hydrogens (tertiary/aromatic N) is 1. The lowest BCUT2D eigenvalue weighted by atomic mass is 10.2. The fourth-order valence-electron chi connectivity index (χ4n) is 1.91. The second-order valence-electron chi connectivity index (χ2n) is 4.48. The van der Waals surface area contributed by atoms with Crippen molar-refractivity contribution in [3.8, 4) is 0 Å². The Bertz CT molecular complexity index is 795. The molecule has 0 N–H and O–H groups in total. The van der Waals surface area contributed by atoms with E-state index in [4.69, 9.17) is 16.3 Å². The molecule has 3 rings (SSSR count). The van der Waals surface area contributed by atoms with Crippen LogP contribution in [0.1, 0.15) is 11.1 Å². The van der Waals surface area contributed by atoms with E-state index in [-0.39, 0.29) is 22.2 Å². The minimum atomic E-state index is -0.641. The van der Waals surface area contributed by atoms with Crippen LogP contribution in [0.3, 0.4) is 0 Å². The monoisotopic (exact) mass is 379 g/mol. The van der Waals surface area contributed by atoms with Gasteiger partial charge in [0.05, 0.1) is 5.02 Å². The first-order valence-corrected chi connectivity index (χ1v) is 7.44. The number of hydrogen-bond donors (Lipinski definition) is 0. The van der Waals surface area contributed by atoms with Crippen LogP contribution in [0.4, 0.5) is 4.39 Å². The molecule has 0 unspecified atom stereocenters. The van der Waals surface area contributed by atoms with Crippen LogP contribution in [-0.4, -0.2) is 11.9 Å². The van der Waals surface area contributed by atoms with Gasteiger partial charge in [0.15, 0.2) is 5.70 Å². The molecule has 0 spiro atoms. The molecule has 110 valence electrons. The number of rotatable bonds is 2. The number of hydrogen-bond acceptors (Lipinski definition) is 3. The van der Waals surface area contributed by atoms with E-state index in [1.165, 1.54) is 24.3 Å². The van der Waals surface area contributed by atoms with E-state index in [9.17, 15) is 9.18 Å². The van der Waals surface area contributed by atoms with E-state index < -0.39 is 11.8 Å². The lowest BCUT2D eigenvalue weighted by Crippen LogP contribution is -2.05. The van der Waals surface area contributed by atoms with E-state index in [0.29, 0.717) is 5.56 Å². The average Bonchev–Trinajstić information content (AvgIpc) is 2.85. The summed E-state index contributed by atoms with van der Waals surface area (Å²) in [6.45, 7) is 0. The van der Waals surface area contributed by atoms with E-state index in [1.807, 2.05) is 0 Å². The number of carbonyl (C=O) groups is 1. The van der Waals surface area contributed by atoms with Gasteiger partial charge in [-0.3, -0.25) is 0 Å². The fraction of sp³-hybridized carbons (Fsp3) is 0. The van der Waals surface area contributed by atoms with Crippen molar-refractivity contribution in [3.05, 3.63) is 74.6 Å². The zero-order chi connectivity index (χ0) is 15.7. The summed E-state index contributed by atoms with van der Waals surface area (Å²) in [7, 11) is 0. The Hall–Kier alpha value is -1.98. The molecular formula is C16H8BrClFNO2. The van der Waals surface area contributed by atoms with Gasteiger partial charge >= 0.3 is 5.97 Å². The molecule has 1 heterocycles. The summed E-state index contributed by atoms with van der Waals surface area (Å²) in [6.07, 6.45) is 1.28. The van der Waals surface area contributed by atoms with Gasteiger partial charge < -0.3 is 4.74 Å². The van der Waals surface area contributed by atoms with Crippen LogP contribution in [0.25, 0.3) is 6.08 Å². The van der Waals surface area contributed by atoms with Crippen molar-refractivity contribution < 1.29 is 13.9 Å². The first kappa shape index (κ1) is 14.9. The molecule has 0 aliphatic carbocycles. The third kappa shape index (κ3) is 2.96. The Morgan fingerprint density at radius 2 is 1.91 bits per heavy atom. The SMILES string of the molecule is O=C1OC(c2ccc(Br)cc2)=N/C1=C\c1c(F)cccc1Cl. The minimum Gasteiger partial charge on any atom is -0.402 e. The molecule has 1 aliphatic rings. The van der Waals surface area contributed by atoms with Gasteiger partial charge in [0, 0.05) is 15.6 Å². The van der Waals surface area contributed by atoms with E-state index >= 15 is 0 Å². The largest absolute Gasteiger partial charge is 0.402 e. The van der Waals surface area contributed by atoms with Crippen molar-refractivity contribution in [3.63, 3.8) is 0 Å². The van der Waals surface area contributed by atoms with Crippen molar-refractivity contribution >= 4 is 45.5 Å². The second kappa shape index (κ2) is 6.02. The Kier molecular flexibility index (Phi) is 4.09. The number of esters is 1. The molecular weight excluding hydrogens is 373 g/mol. The first-order chi connectivity index (χ1) is 10.5. The highest BCUT2D eigenvalue weighted by molar-refractivity contribution is 9.10. The molecule has 0 amide bonds. The second-order valence-corrected chi connectivity index (χ2v) is 5.80. The summed E-state index contributed by atoms with van der Waals surface area (Å²) in [5, 5.41) is 0.201. The summed E-state index contributed by atoms with van der Waals surface area (Å²) in [5.41, 5.74) is 0.765. The summed E-state index contributed by atoms with van der Waals surface area (Å²) in [4.78, 5) is 16.0. The molecule has 0 saturated carbocycles. The van der Waals surface area contributed by atoms with Crippen LogP contribution in [0, 0.1) is 5.82 Å².